The highest BCUT2D eigenvalue weighted by Crippen LogP contribution is 2.36. The zero-order chi connectivity index (χ0) is 37.7. The largest absolute Gasteiger partial charge is 0.453 e. The van der Waals surface area contributed by atoms with Gasteiger partial charge in [-0.15, -0.1) is 12.4 Å². The molecule has 16 nitrogen and oxygen atoms in total. The maximum Gasteiger partial charge on any atom is 0.407 e. The summed E-state index contributed by atoms with van der Waals surface area (Å²) in [5, 5.41) is 5.43. The molecule has 1 aromatic carbocycles. The number of rotatable bonds is 7. The average Bonchev–Trinajstić information content (AvgIpc) is 4.04. The molecule has 17 heteroatoms. The maximum absolute atomic E-state index is 13.8. The predicted molar refractivity (Wildman–Crippen MR) is 198 cm³/mol. The van der Waals surface area contributed by atoms with Crippen LogP contribution in [0.15, 0.2) is 36.7 Å². The molecule has 0 bridgehead atoms. The van der Waals surface area contributed by atoms with E-state index in [2.05, 4.69) is 54.3 Å². The van der Waals surface area contributed by atoms with Crippen molar-refractivity contribution in [2.24, 2.45) is 0 Å². The van der Waals surface area contributed by atoms with E-state index in [1.807, 2.05) is 24.3 Å². The second kappa shape index (κ2) is 16.9. The Morgan fingerprint density at radius 1 is 0.782 bits per heavy atom. The third-order valence-electron chi connectivity index (χ3n) is 10.4. The molecule has 2 aromatic heterocycles. The topological polar surface area (TPSA) is 193 Å². The van der Waals surface area contributed by atoms with Crippen LogP contribution in [-0.2, 0) is 28.5 Å². The lowest BCUT2D eigenvalue weighted by molar-refractivity contribution is -0.140. The third-order valence-corrected chi connectivity index (χ3v) is 10.4. The van der Waals surface area contributed by atoms with E-state index in [1.165, 1.54) is 14.2 Å². The number of imidazole rings is 2. The van der Waals surface area contributed by atoms with Gasteiger partial charge in [0, 0.05) is 44.7 Å². The summed E-state index contributed by atoms with van der Waals surface area (Å²) in [5.74, 6) is 12.7. The van der Waals surface area contributed by atoms with Gasteiger partial charge in [-0.1, -0.05) is 18.1 Å². The van der Waals surface area contributed by atoms with Gasteiger partial charge in [0.25, 0.3) is 11.8 Å². The number of carbonyl (C=O) groups is 4. The normalized spacial score (nSPS) is 24.2. The van der Waals surface area contributed by atoms with Crippen molar-refractivity contribution in [2.75, 3.05) is 53.7 Å². The summed E-state index contributed by atoms with van der Waals surface area (Å²) < 4.78 is 20.6. The molecule has 3 aromatic rings. The van der Waals surface area contributed by atoms with Gasteiger partial charge in [-0.05, 0) is 61.1 Å². The summed E-state index contributed by atoms with van der Waals surface area (Å²) >= 11 is 0. The van der Waals surface area contributed by atoms with E-state index in [4.69, 9.17) is 18.9 Å². The van der Waals surface area contributed by atoms with Crippen LogP contribution < -0.4 is 10.6 Å². The highest BCUT2D eigenvalue weighted by atomic mass is 35.5. The van der Waals surface area contributed by atoms with Crippen LogP contribution in [0.2, 0.25) is 0 Å². The summed E-state index contributed by atoms with van der Waals surface area (Å²) in [6.07, 6.45) is 5.86. The van der Waals surface area contributed by atoms with E-state index >= 15 is 0 Å². The number of halogens is 1. The van der Waals surface area contributed by atoms with Gasteiger partial charge in [-0.3, -0.25) is 9.59 Å². The van der Waals surface area contributed by atoms with Gasteiger partial charge in [0.2, 0.25) is 0 Å². The minimum atomic E-state index is -1.17. The number of nitrogens with zero attached hydrogens (tertiary/aromatic N) is 4. The molecule has 4 atom stereocenters. The Morgan fingerprint density at radius 2 is 1.31 bits per heavy atom. The van der Waals surface area contributed by atoms with Crippen molar-refractivity contribution in [2.45, 2.75) is 61.7 Å². The molecule has 6 heterocycles. The minimum Gasteiger partial charge on any atom is -0.453 e. The fraction of sp³-hybridized carbons (Fsp3) is 0.474. The first-order chi connectivity index (χ1) is 26.2. The van der Waals surface area contributed by atoms with Crippen LogP contribution in [0.3, 0.4) is 0 Å². The van der Waals surface area contributed by atoms with E-state index in [1.54, 1.807) is 22.2 Å². The monoisotopic (exact) mass is 774 g/mol. The molecule has 4 N–H and O–H groups in total. The number of carbonyl (C=O) groups excluding carboxylic acids is 4. The zero-order valence-corrected chi connectivity index (χ0v) is 31.4. The van der Waals surface area contributed by atoms with Crippen LogP contribution in [0, 0.1) is 23.7 Å². The molecule has 55 heavy (non-hydrogen) atoms. The second-order valence-electron chi connectivity index (χ2n) is 13.8. The van der Waals surface area contributed by atoms with Gasteiger partial charge in [0.05, 0.1) is 57.6 Å². The van der Waals surface area contributed by atoms with Gasteiger partial charge < -0.3 is 49.3 Å². The fourth-order valence-corrected chi connectivity index (χ4v) is 7.56. The van der Waals surface area contributed by atoms with Crippen molar-refractivity contribution in [1.82, 2.24) is 40.4 Å². The lowest BCUT2D eigenvalue weighted by atomic mass is 9.96. The van der Waals surface area contributed by atoms with E-state index in [0.717, 1.165) is 42.5 Å². The SMILES string of the molecule is COC(=O)NC1(C(=O)N2CCC[C@@H]2c2ncc(C#CC#Cc3ccc(-c4cnc([C@H]5CCCN5C(=O)C5(NC(=O)OC)CCOC5)[nH]4)cc3)[nH]2)CCOC1.Cl. The van der Waals surface area contributed by atoms with Gasteiger partial charge in [-0.2, -0.15) is 0 Å². The first-order valence-corrected chi connectivity index (χ1v) is 18.0. The number of ether oxygens (including phenoxy) is 4. The van der Waals surface area contributed by atoms with Crippen LogP contribution >= 0.6 is 12.4 Å². The molecule has 0 aliphatic carbocycles. The van der Waals surface area contributed by atoms with Crippen LogP contribution in [-0.4, -0.2) is 119 Å². The maximum atomic E-state index is 13.8. The Labute approximate surface area is 324 Å². The van der Waals surface area contributed by atoms with Crippen molar-refractivity contribution < 1.29 is 38.1 Å². The number of hydrogen-bond donors (Lipinski definition) is 4. The molecule has 0 spiro atoms. The Morgan fingerprint density at radius 3 is 1.84 bits per heavy atom. The van der Waals surface area contributed by atoms with Crippen LogP contribution in [0.4, 0.5) is 9.59 Å². The van der Waals surface area contributed by atoms with Gasteiger partial charge in [0.15, 0.2) is 0 Å². The number of aromatic nitrogens is 4. The number of aromatic amines is 2. The van der Waals surface area contributed by atoms with E-state index in [9.17, 15) is 19.2 Å². The smallest absolute Gasteiger partial charge is 0.407 e. The molecular weight excluding hydrogens is 732 g/mol. The van der Waals surface area contributed by atoms with Crippen LogP contribution in [0.25, 0.3) is 11.3 Å². The summed E-state index contributed by atoms with van der Waals surface area (Å²) in [6.45, 7) is 2.02. The second-order valence-corrected chi connectivity index (χ2v) is 13.8. The number of alkyl carbamates (subject to hydrolysis) is 2. The molecule has 2 unspecified atom stereocenters. The minimum absolute atomic E-state index is 0. The number of H-pyrrole nitrogens is 2. The van der Waals surface area contributed by atoms with Gasteiger partial charge >= 0.3 is 12.2 Å². The summed E-state index contributed by atoms with van der Waals surface area (Å²) in [5.41, 5.74) is 0.739. The van der Waals surface area contributed by atoms with Crippen molar-refractivity contribution in [3.05, 3.63) is 59.6 Å². The fourth-order valence-electron chi connectivity index (χ4n) is 7.56. The van der Waals surface area contributed by atoms with Crippen molar-refractivity contribution in [3.8, 4) is 34.9 Å². The molecule has 0 radical (unpaired) electrons. The Kier molecular flexibility index (Phi) is 12.0. The van der Waals surface area contributed by atoms with Crippen LogP contribution in [0.5, 0.6) is 0 Å². The van der Waals surface area contributed by atoms with Crippen molar-refractivity contribution in [3.63, 3.8) is 0 Å². The van der Waals surface area contributed by atoms with Crippen molar-refractivity contribution in [1.29, 1.82) is 0 Å². The number of amides is 4. The van der Waals surface area contributed by atoms with Gasteiger partial charge in [-0.25, -0.2) is 19.6 Å². The lowest BCUT2D eigenvalue weighted by Crippen LogP contribution is -2.60. The van der Waals surface area contributed by atoms with E-state index in [-0.39, 0.29) is 49.5 Å². The highest BCUT2D eigenvalue weighted by Gasteiger charge is 2.50. The van der Waals surface area contributed by atoms with E-state index in [0.29, 0.717) is 56.5 Å². The molecule has 4 saturated heterocycles. The predicted octanol–water partition coefficient (Wildman–Crippen LogP) is 2.98. The first kappa shape index (κ1) is 39.2. The molecule has 4 fully saturated rings. The summed E-state index contributed by atoms with van der Waals surface area (Å²) in [6, 6.07) is 7.14. The Hall–Kier alpha value is -5.55. The molecule has 0 saturated carbocycles. The number of likely N-dealkylation sites (tertiary alicyclic amines) is 2. The Balaban J connectivity index is 0.00000514. The lowest BCUT2D eigenvalue weighted by Gasteiger charge is -2.34. The zero-order valence-electron chi connectivity index (χ0n) is 30.6. The van der Waals surface area contributed by atoms with Crippen LogP contribution in [0.1, 0.15) is 73.5 Å². The summed E-state index contributed by atoms with van der Waals surface area (Å²) in [7, 11) is 2.54. The number of benzene rings is 1. The van der Waals surface area contributed by atoms with E-state index < -0.39 is 23.3 Å². The van der Waals surface area contributed by atoms with Crippen molar-refractivity contribution >= 4 is 36.4 Å². The quantitative estimate of drug-likeness (QED) is 0.260. The van der Waals surface area contributed by atoms with Gasteiger partial charge in [0.1, 0.15) is 28.4 Å². The number of methoxy groups -OCH3 is 2. The number of hydrogen-bond acceptors (Lipinski definition) is 10. The third kappa shape index (κ3) is 8.12. The molecular formula is C38H43ClN8O8. The molecule has 4 aliphatic heterocycles. The standard InChI is InChI=1S/C38H42N8O8.ClH/c1-51-35(49)43-37(15-19-53-23-37)33(47)45-17-5-9-29(45)31-39-21-27(41-31)8-4-3-7-25-11-13-26(14-12-25)28-22-40-32(42-28)30-10-6-18-46(30)34(48)38(16-20-54-24-38)44-36(50)52-2;/h11-14,21-22,29-30H,5-6,9-10,15-20,23-24H2,1-2H3,(H,39,41)(H,40,42)(H,43,49)(H,44,50);1H/t29-,30-,37?,38?;/m1./s1. The molecule has 4 amide bonds. The average molecular weight is 775 g/mol. The molecule has 290 valence electrons. The highest BCUT2D eigenvalue weighted by molar-refractivity contribution is 5.92. The Bertz CT molecular complexity index is 2010. The first-order valence-electron chi connectivity index (χ1n) is 18.0. The molecule has 4 aliphatic rings. The molecule has 7 rings (SSSR count). The summed E-state index contributed by atoms with van der Waals surface area (Å²) in [4.78, 5) is 70.8. The number of nitrogens with one attached hydrogen (secondary N) is 4.